The smallest absolute Gasteiger partial charge is 0.257 e. The van der Waals surface area contributed by atoms with Gasteiger partial charge in [0.05, 0.1) is 37.5 Å². The molecule has 25 heavy (non-hydrogen) atoms. The highest BCUT2D eigenvalue weighted by atomic mass is 16.5. The van der Waals surface area contributed by atoms with Gasteiger partial charge in [0.1, 0.15) is 11.9 Å². The average molecular weight is 350 g/mol. The fourth-order valence-corrected chi connectivity index (χ4v) is 3.44. The molecular weight excluding hydrogens is 324 g/mol. The SMILES string of the molecule is CCOc1ccccc1C(=O)N1CCN([C@@H]2COC[C@@H](O)[C@H]2O)CC1. The number of ether oxygens (including phenoxy) is 2. The van der Waals surface area contributed by atoms with E-state index >= 15 is 0 Å². The van der Waals surface area contributed by atoms with Crippen LogP contribution in [0.5, 0.6) is 5.75 Å². The monoisotopic (exact) mass is 350 g/mol. The second-order valence-corrected chi connectivity index (χ2v) is 6.42. The first-order valence-corrected chi connectivity index (χ1v) is 8.81. The fourth-order valence-electron chi connectivity index (χ4n) is 3.44. The van der Waals surface area contributed by atoms with E-state index in [0.717, 1.165) is 0 Å². The van der Waals surface area contributed by atoms with Gasteiger partial charge in [0.2, 0.25) is 0 Å². The van der Waals surface area contributed by atoms with Gasteiger partial charge in [-0.1, -0.05) is 12.1 Å². The van der Waals surface area contributed by atoms with E-state index in [9.17, 15) is 15.0 Å². The van der Waals surface area contributed by atoms with Crippen molar-refractivity contribution in [2.45, 2.75) is 25.2 Å². The zero-order chi connectivity index (χ0) is 17.8. The molecule has 2 heterocycles. The predicted octanol–water partition coefficient (Wildman–Crippen LogP) is -0.0363. The molecule has 0 aromatic heterocycles. The molecule has 0 bridgehead atoms. The standard InChI is InChI=1S/C18H26N2O5/c1-2-25-16-6-4-3-5-13(16)18(23)20-9-7-19(8-10-20)14-11-24-12-15(21)17(14)22/h3-6,14-15,17,21-22H,2,7-12H2,1H3/t14-,15-,17+/m1/s1. The van der Waals surface area contributed by atoms with Crippen LogP contribution in [-0.2, 0) is 4.74 Å². The molecule has 2 aliphatic heterocycles. The molecule has 138 valence electrons. The van der Waals surface area contributed by atoms with E-state index in [1.54, 1.807) is 11.0 Å². The summed E-state index contributed by atoms with van der Waals surface area (Å²) >= 11 is 0. The molecule has 1 aromatic rings. The van der Waals surface area contributed by atoms with Crippen molar-refractivity contribution in [2.24, 2.45) is 0 Å². The number of aliphatic hydroxyl groups excluding tert-OH is 2. The number of carbonyl (C=O) groups is 1. The quantitative estimate of drug-likeness (QED) is 0.793. The Morgan fingerprint density at radius 1 is 1.20 bits per heavy atom. The second-order valence-electron chi connectivity index (χ2n) is 6.42. The Kier molecular flexibility index (Phi) is 5.90. The van der Waals surface area contributed by atoms with E-state index < -0.39 is 12.2 Å². The lowest BCUT2D eigenvalue weighted by molar-refractivity contribution is -0.136. The molecular formula is C18H26N2O5. The number of amides is 1. The Balaban J connectivity index is 1.61. The van der Waals surface area contributed by atoms with Crippen LogP contribution in [0, 0.1) is 0 Å². The zero-order valence-electron chi connectivity index (χ0n) is 14.5. The molecule has 1 amide bonds. The summed E-state index contributed by atoms with van der Waals surface area (Å²) in [5.41, 5.74) is 0.578. The molecule has 0 radical (unpaired) electrons. The van der Waals surface area contributed by atoms with Gasteiger partial charge in [0.15, 0.2) is 0 Å². The third-order valence-electron chi connectivity index (χ3n) is 4.85. The summed E-state index contributed by atoms with van der Waals surface area (Å²) in [4.78, 5) is 16.7. The van der Waals surface area contributed by atoms with Crippen molar-refractivity contribution in [3.05, 3.63) is 29.8 Å². The van der Waals surface area contributed by atoms with Gasteiger partial charge in [-0.25, -0.2) is 0 Å². The van der Waals surface area contributed by atoms with Crippen LogP contribution in [0.1, 0.15) is 17.3 Å². The Hall–Kier alpha value is -1.67. The van der Waals surface area contributed by atoms with Crippen molar-refractivity contribution in [3.63, 3.8) is 0 Å². The number of hydrogen-bond donors (Lipinski definition) is 2. The predicted molar refractivity (Wildman–Crippen MR) is 91.7 cm³/mol. The highest BCUT2D eigenvalue weighted by Crippen LogP contribution is 2.22. The molecule has 3 atom stereocenters. The lowest BCUT2D eigenvalue weighted by Crippen LogP contribution is -2.60. The number of aliphatic hydroxyl groups is 2. The summed E-state index contributed by atoms with van der Waals surface area (Å²) in [5.74, 6) is 0.570. The summed E-state index contributed by atoms with van der Waals surface area (Å²) < 4.78 is 10.9. The molecule has 2 fully saturated rings. The van der Waals surface area contributed by atoms with Gasteiger partial charge in [-0.2, -0.15) is 0 Å². The van der Waals surface area contributed by atoms with Gasteiger partial charge >= 0.3 is 0 Å². The Labute approximate surface area is 147 Å². The van der Waals surface area contributed by atoms with Crippen molar-refractivity contribution in [1.82, 2.24) is 9.80 Å². The molecule has 0 aliphatic carbocycles. The van der Waals surface area contributed by atoms with Gasteiger partial charge < -0.3 is 24.6 Å². The summed E-state index contributed by atoms with van der Waals surface area (Å²) in [5, 5.41) is 19.9. The van der Waals surface area contributed by atoms with E-state index in [2.05, 4.69) is 4.90 Å². The number of benzene rings is 1. The van der Waals surface area contributed by atoms with Crippen LogP contribution >= 0.6 is 0 Å². The number of rotatable bonds is 4. The van der Waals surface area contributed by atoms with E-state index in [1.165, 1.54) is 0 Å². The first-order chi connectivity index (χ1) is 12.1. The van der Waals surface area contributed by atoms with Crippen molar-refractivity contribution < 1.29 is 24.5 Å². The van der Waals surface area contributed by atoms with Crippen LogP contribution in [0.2, 0.25) is 0 Å². The van der Waals surface area contributed by atoms with Crippen LogP contribution in [0.3, 0.4) is 0 Å². The first-order valence-electron chi connectivity index (χ1n) is 8.81. The lowest BCUT2D eigenvalue weighted by Gasteiger charge is -2.43. The fraction of sp³-hybridized carbons (Fsp3) is 0.611. The van der Waals surface area contributed by atoms with E-state index in [0.29, 0.717) is 50.7 Å². The van der Waals surface area contributed by atoms with Crippen LogP contribution in [0.15, 0.2) is 24.3 Å². The van der Waals surface area contributed by atoms with Crippen LogP contribution < -0.4 is 4.74 Å². The Morgan fingerprint density at radius 3 is 2.64 bits per heavy atom. The van der Waals surface area contributed by atoms with Crippen LogP contribution in [-0.4, -0.2) is 90.2 Å². The van der Waals surface area contributed by atoms with E-state index in [1.807, 2.05) is 25.1 Å². The van der Waals surface area contributed by atoms with Crippen molar-refractivity contribution >= 4 is 5.91 Å². The Bertz CT molecular complexity index is 589. The second kappa shape index (κ2) is 8.14. The molecule has 2 saturated heterocycles. The van der Waals surface area contributed by atoms with E-state index in [-0.39, 0.29) is 18.6 Å². The summed E-state index contributed by atoms with van der Waals surface area (Å²) in [7, 11) is 0. The maximum Gasteiger partial charge on any atom is 0.257 e. The molecule has 7 nitrogen and oxygen atoms in total. The third-order valence-corrected chi connectivity index (χ3v) is 4.85. The zero-order valence-corrected chi connectivity index (χ0v) is 14.5. The topological polar surface area (TPSA) is 82.5 Å². The van der Waals surface area contributed by atoms with Gasteiger partial charge in [0, 0.05) is 26.2 Å². The first kappa shape index (κ1) is 18.1. The van der Waals surface area contributed by atoms with Gasteiger partial charge in [0.25, 0.3) is 5.91 Å². The van der Waals surface area contributed by atoms with Crippen LogP contribution in [0.4, 0.5) is 0 Å². The Morgan fingerprint density at radius 2 is 1.92 bits per heavy atom. The number of carbonyl (C=O) groups excluding carboxylic acids is 1. The average Bonchev–Trinajstić information content (AvgIpc) is 2.64. The maximum atomic E-state index is 12.8. The van der Waals surface area contributed by atoms with Crippen molar-refractivity contribution in [3.8, 4) is 5.75 Å². The van der Waals surface area contributed by atoms with E-state index in [4.69, 9.17) is 9.47 Å². The highest BCUT2D eigenvalue weighted by Gasteiger charge is 2.37. The normalized spacial score (nSPS) is 28.0. The molecule has 3 rings (SSSR count). The largest absolute Gasteiger partial charge is 0.493 e. The van der Waals surface area contributed by atoms with Crippen LogP contribution in [0.25, 0.3) is 0 Å². The number of para-hydroxylation sites is 1. The maximum absolute atomic E-state index is 12.8. The lowest BCUT2D eigenvalue weighted by atomic mass is 10.0. The molecule has 2 aliphatic rings. The minimum Gasteiger partial charge on any atom is -0.493 e. The summed E-state index contributed by atoms with van der Waals surface area (Å²) in [6.07, 6.45) is -1.66. The molecule has 7 heteroatoms. The minimum absolute atomic E-state index is 0.0378. The van der Waals surface area contributed by atoms with Gasteiger partial charge in [-0.15, -0.1) is 0 Å². The van der Waals surface area contributed by atoms with Gasteiger partial charge in [-0.05, 0) is 19.1 Å². The third kappa shape index (κ3) is 3.95. The number of nitrogens with zero attached hydrogens (tertiary/aromatic N) is 2. The number of hydrogen-bond acceptors (Lipinski definition) is 6. The summed E-state index contributed by atoms with van der Waals surface area (Å²) in [6.45, 7) is 5.40. The van der Waals surface area contributed by atoms with Gasteiger partial charge in [-0.3, -0.25) is 9.69 Å². The molecule has 0 saturated carbocycles. The van der Waals surface area contributed by atoms with Crippen molar-refractivity contribution in [1.29, 1.82) is 0 Å². The highest BCUT2D eigenvalue weighted by molar-refractivity contribution is 5.97. The molecule has 1 aromatic carbocycles. The molecule has 0 unspecified atom stereocenters. The molecule has 0 spiro atoms. The minimum atomic E-state index is -0.850. The summed E-state index contributed by atoms with van der Waals surface area (Å²) in [6, 6.07) is 7.06. The number of piperazine rings is 1. The molecule has 2 N–H and O–H groups in total. The van der Waals surface area contributed by atoms with Crippen molar-refractivity contribution in [2.75, 3.05) is 46.0 Å².